The van der Waals surface area contributed by atoms with Crippen molar-refractivity contribution in [3.63, 3.8) is 0 Å². The summed E-state index contributed by atoms with van der Waals surface area (Å²) in [4.78, 5) is 26.1. The van der Waals surface area contributed by atoms with Crippen LogP contribution in [0.15, 0.2) is 70.1 Å². The molecule has 0 saturated heterocycles. The lowest BCUT2D eigenvalue weighted by molar-refractivity contribution is -0.124. The molecule has 0 radical (unpaired) electrons. The van der Waals surface area contributed by atoms with Gasteiger partial charge in [0, 0.05) is 27.8 Å². The molecule has 158 valence electrons. The summed E-state index contributed by atoms with van der Waals surface area (Å²) in [6.07, 6.45) is 1.70. The Morgan fingerprint density at radius 3 is 2.55 bits per heavy atom. The van der Waals surface area contributed by atoms with Gasteiger partial charge in [-0.15, -0.1) is 0 Å². The number of fused-ring (bicyclic) bond motifs is 1. The average Bonchev–Trinajstić information content (AvgIpc) is 3.03. The summed E-state index contributed by atoms with van der Waals surface area (Å²) in [5.74, 6) is -0.108. The van der Waals surface area contributed by atoms with E-state index in [1.165, 1.54) is 4.68 Å². The molecule has 2 aromatic heterocycles. The summed E-state index contributed by atoms with van der Waals surface area (Å²) in [7, 11) is 0. The second-order valence-corrected chi connectivity index (χ2v) is 8.47. The number of carbonyl (C=O) groups is 1. The third-order valence-corrected chi connectivity index (χ3v) is 6.07. The van der Waals surface area contributed by atoms with Crippen molar-refractivity contribution in [3.8, 4) is 5.69 Å². The van der Waals surface area contributed by atoms with Crippen molar-refractivity contribution in [1.82, 2.24) is 19.7 Å². The van der Waals surface area contributed by atoms with Crippen molar-refractivity contribution < 1.29 is 4.79 Å². The molecule has 7 heteroatoms. The molecule has 4 aromatic rings. The topological polar surface area (TPSA) is 68.9 Å². The molecule has 4 rings (SSSR count). The maximum atomic E-state index is 13.2. The summed E-state index contributed by atoms with van der Waals surface area (Å²) >= 11 is 3.45. The molecule has 0 fully saturated rings. The van der Waals surface area contributed by atoms with E-state index in [9.17, 15) is 9.59 Å². The summed E-state index contributed by atoms with van der Waals surface area (Å²) < 4.78 is 4.29. The van der Waals surface area contributed by atoms with E-state index >= 15 is 0 Å². The molecule has 0 spiro atoms. The van der Waals surface area contributed by atoms with Crippen molar-refractivity contribution in [2.24, 2.45) is 0 Å². The lowest BCUT2D eigenvalue weighted by Gasteiger charge is -2.18. The highest BCUT2D eigenvalue weighted by atomic mass is 79.9. The highest BCUT2D eigenvalue weighted by molar-refractivity contribution is 9.10. The fourth-order valence-electron chi connectivity index (χ4n) is 4.01. The largest absolute Gasteiger partial charge is 0.350 e. The average molecular weight is 479 g/mol. The predicted octanol–water partition coefficient (Wildman–Crippen LogP) is 4.44. The third kappa shape index (κ3) is 3.93. The molecule has 2 heterocycles. The number of para-hydroxylation sites is 1. The number of carbonyl (C=O) groups excluding carboxylic acids is 1. The van der Waals surface area contributed by atoms with Crippen LogP contribution in [0.4, 0.5) is 0 Å². The van der Waals surface area contributed by atoms with Crippen LogP contribution in [0.3, 0.4) is 0 Å². The van der Waals surface area contributed by atoms with Crippen LogP contribution >= 0.6 is 15.9 Å². The zero-order valence-corrected chi connectivity index (χ0v) is 19.2. The van der Waals surface area contributed by atoms with Crippen molar-refractivity contribution in [3.05, 3.63) is 92.6 Å². The van der Waals surface area contributed by atoms with Gasteiger partial charge in [-0.05, 0) is 50.6 Å². The molecule has 1 atom stereocenters. The number of nitrogens with one attached hydrogen (secondary N) is 1. The minimum absolute atomic E-state index is 0.108. The Kier molecular flexibility index (Phi) is 5.78. The molecule has 1 amide bonds. The first-order chi connectivity index (χ1) is 14.9. The quantitative estimate of drug-likeness (QED) is 0.460. The molecule has 0 bridgehead atoms. The molecular formula is C24H23BrN4O2. The van der Waals surface area contributed by atoms with E-state index in [2.05, 4.69) is 26.3 Å². The van der Waals surface area contributed by atoms with Crippen LogP contribution in [0.1, 0.15) is 29.9 Å². The number of hydrogen-bond acceptors (Lipinski definition) is 3. The predicted molar refractivity (Wildman–Crippen MR) is 126 cm³/mol. The van der Waals surface area contributed by atoms with Gasteiger partial charge in [-0.2, -0.15) is 9.78 Å². The van der Waals surface area contributed by atoms with E-state index < -0.39 is 6.04 Å². The highest BCUT2D eigenvalue weighted by Gasteiger charge is 2.23. The highest BCUT2D eigenvalue weighted by Crippen LogP contribution is 2.26. The van der Waals surface area contributed by atoms with Gasteiger partial charge in [-0.1, -0.05) is 46.3 Å². The van der Waals surface area contributed by atoms with Crippen LogP contribution in [0, 0.1) is 13.8 Å². The first kappa shape index (κ1) is 21.1. The SMILES string of the molecule is Cc1c2cnn(-c3ccccc3)c(=O)c2c(C)n1[C@@H](C)C(=O)NCc1cccc(Br)c1. The fourth-order valence-corrected chi connectivity index (χ4v) is 4.46. The minimum atomic E-state index is -0.468. The van der Waals surface area contributed by atoms with Crippen LogP contribution in [-0.2, 0) is 11.3 Å². The number of aromatic nitrogens is 3. The number of nitrogens with zero attached hydrogens (tertiary/aromatic N) is 3. The second kappa shape index (κ2) is 8.51. The maximum Gasteiger partial charge on any atom is 0.281 e. The van der Waals surface area contributed by atoms with Gasteiger partial charge >= 0.3 is 0 Å². The van der Waals surface area contributed by atoms with Crippen molar-refractivity contribution in [2.75, 3.05) is 0 Å². The van der Waals surface area contributed by atoms with Crippen LogP contribution in [0.5, 0.6) is 0 Å². The summed E-state index contributed by atoms with van der Waals surface area (Å²) in [6, 6.07) is 16.7. The number of benzene rings is 2. The number of halogens is 1. The number of hydrogen-bond donors (Lipinski definition) is 1. The van der Waals surface area contributed by atoms with E-state index in [-0.39, 0.29) is 11.5 Å². The summed E-state index contributed by atoms with van der Waals surface area (Å²) in [5.41, 5.74) is 3.14. The van der Waals surface area contributed by atoms with Crippen LogP contribution < -0.4 is 10.9 Å². The van der Waals surface area contributed by atoms with E-state index in [0.29, 0.717) is 17.6 Å². The summed E-state index contributed by atoms with van der Waals surface area (Å²) in [5, 5.41) is 8.71. The smallest absolute Gasteiger partial charge is 0.281 e. The minimum Gasteiger partial charge on any atom is -0.350 e. The first-order valence-electron chi connectivity index (χ1n) is 10.1. The molecule has 2 aromatic carbocycles. The monoisotopic (exact) mass is 478 g/mol. The number of rotatable bonds is 5. The molecule has 0 aliphatic carbocycles. The molecular weight excluding hydrogens is 456 g/mol. The fraction of sp³-hybridized carbons (Fsp3) is 0.208. The van der Waals surface area contributed by atoms with Gasteiger partial charge in [-0.25, -0.2) is 0 Å². The van der Waals surface area contributed by atoms with E-state index in [4.69, 9.17) is 0 Å². The zero-order valence-electron chi connectivity index (χ0n) is 17.6. The Hall–Kier alpha value is -3.19. The Labute approximate surface area is 188 Å². The Balaban J connectivity index is 1.68. The number of aryl methyl sites for hydroxylation is 2. The molecule has 1 N–H and O–H groups in total. The van der Waals surface area contributed by atoms with E-state index in [0.717, 1.165) is 26.8 Å². The lowest BCUT2D eigenvalue weighted by atomic mass is 10.2. The van der Waals surface area contributed by atoms with Crippen molar-refractivity contribution in [2.45, 2.75) is 33.4 Å². The van der Waals surface area contributed by atoms with Gasteiger partial charge in [0.25, 0.3) is 5.56 Å². The Morgan fingerprint density at radius 1 is 1.10 bits per heavy atom. The summed E-state index contributed by atoms with van der Waals surface area (Å²) in [6.45, 7) is 6.08. The van der Waals surface area contributed by atoms with Gasteiger partial charge < -0.3 is 9.88 Å². The Bertz CT molecular complexity index is 1320. The van der Waals surface area contributed by atoms with Gasteiger partial charge in [-0.3, -0.25) is 9.59 Å². The normalized spacial score (nSPS) is 12.1. The lowest BCUT2D eigenvalue weighted by Crippen LogP contribution is -2.31. The van der Waals surface area contributed by atoms with Gasteiger partial charge in [0.05, 0.1) is 17.3 Å². The molecule has 0 unspecified atom stereocenters. The standard InChI is InChI=1S/C24H23BrN4O2/c1-15-21-14-27-29(20-10-5-4-6-11-20)24(31)22(21)16(2)28(15)17(3)23(30)26-13-18-8-7-9-19(25)12-18/h4-12,14,17H,13H2,1-3H3,(H,26,30)/t17-/m0/s1. The van der Waals surface area contributed by atoms with Crippen molar-refractivity contribution >= 4 is 32.6 Å². The van der Waals surface area contributed by atoms with Crippen LogP contribution in [0.25, 0.3) is 16.5 Å². The van der Waals surface area contributed by atoms with E-state index in [1.807, 2.05) is 79.9 Å². The number of amides is 1. The molecule has 31 heavy (non-hydrogen) atoms. The Morgan fingerprint density at radius 2 is 1.84 bits per heavy atom. The third-order valence-electron chi connectivity index (χ3n) is 5.58. The van der Waals surface area contributed by atoms with Gasteiger partial charge in [0.1, 0.15) is 6.04 Å². The second-order valence-electron chi connectivity index (χ2n) is 7.55. The molecule has 6 nitrogen and oxygen atoms in total. The molecule has 0 aliphatic rings. The molecule has 0 saturated carbocycles. The van der Waals surface area contributed by atoms with Crippen LogP contribution in [-0.4, -0.2) is 20.3 Å². The zero-order chi connectivity index (χ0) is 22.1. The van der Waals surface area contributed by atoms with Crippen LogP contribution in [0.2, 0.25) is 0 Å². The van der Waals surface area contributed by atoms with Gasteiger partial charge in [0.2, 0.25) is 5.91 Å². The maximum absolute atomic E-state index is 13.2. The molecule has 0 aliphatic heterocycles. The first-order valence-corrected chi connectivity index (χ1v) is 10.8. The van der Waals surface area contributed by atoms with Crippen molar-refractivity contribution in [1.29, 1.82) is 0 Å². The van der Waals surface area contributed by atoms with Gasteiger partial charge in [0.15, 0.2) is 0 Å². The van der Waals surface area contributed by atoms with E-state index in [1.54, 1.807) is 6.20 Å².